The second-order valence-electron chi connectivity index (χ2n) is 11.3. The lowest BCUT2D eigenvalue weighted by molar-refractivity contribution is -0.134. The van der Waals surface area contributed by atoms with Gasteiger partial charge >= 0.3 is 0 Å². The lowest BCUT2D eigenvalue weighted by atomic mass is 9.96. The van der Waals surface area contributed by atoms with Gasteiger partial charge in [0.15, 0.2) is 0 Å². The second-order valence-corrected chi connectivity index (χ2v) is 11.3. The maximum Gasteiger partial charge on any atom is 0.253 e. The van der Waals surface area contributed by atoms with Crippen molar-refractivity contribution in [3.8, 4) is 0 Å². The number of amides is 4. The Balaban J connectivity index is 1.10. The molecule has 2 fully saturated rings. The molecule has 1 saturated heterocycles. The first-order valence-corrected chi connectivity index (χ1v) is 14.7. The van der Waals surface area contributed by atoms with Gasteiger partial charge < -0.3 is 20.4 Å². The van der Waals surface area contributed by atoms with E-state index in [0.29, 0.717) is 48.9 Å². The molecule has 4 amide bonds. The summed E-state index contributed by atoms with van der Waals surface area (Å²) < 4.78 is 0. The molecule has 0 bridgehead atoms. The third kappa shape index (κ3) is 7.84. The molecule has 5 rings (SSSR count). The highest BCUT2D eigenvalue weighted by Crippen LogP contribution is 2.27. The largest absolute Gasteiger partial charge is 0.342 e. The third-order valence-electron chi connectivity index (χ3n) is 8.01. The number of hydrogen-bond donors (Lipinski definition) is 2. The van der Waals surface area contributed by atoms with E-state index in [-0.39, 0.29) is 36.0 Å². The molecule has 2 aliphatic rings. The summed E-state index contributed by atoms with van der Waals surface area (Å²) in [6.07, 6.45) is 4.90. The Morgan fingerprint density at radius 3 is 2.31 bits per heavy atom. The van der Waals surface area contributed by atoms with Crippen LogP contribution in [0.25, 0.3) is 0 Å². The summed E-state index contributed by atoms with van der Waals surface area (Å²) in [5, 5.41) is 5.87. The summed E-state index contributed by atoms with van der Waals surface area (Å²) >= 11 is 0. The fraction of sp³-hybridized carbons (Fsp3) is 0.353. The van der Waals surface area contributed by atoms with Gasteiger partial charge in [-0.3, -0.25) is 19.2 Å². The molecule has 1 unspecified atom stereocenters. The zero-order valence-electron chi connectivity index (χ0n) is 24.1. The molecule has 1 aliphatic heterocycles. The van der Waals surface area contributed by atoms with Crippen molar-refractivity contribution >= 4 is 35.0 Å². The van der Waals surface area contributed by atoms with Gasteiger partial charge in [-0.2, -0.15) is 0 Å². The van der Waals surface area contributed by atoms with Crippen LogP contribution in [0.2, 0.25) is 0 Å². The van der Waals surface area contributed by atoms with Crippen molar-refractivity contribution in [2.24, 2.45) is 5.92 Å². The Kier molecular flexibility index (Phi) is 9.31. The van der Waals surface area contributed by atoms with Crippen molar-refractivity contribution in [2.45, 2.75) is 51.0 Å². The number of likely N-dealkylation sites (tertiary alicyclic amines) is 1. The number of carbonyl (C=O) groups excluding carboxylic acids is 4. The van der Waals surface area contributed by atoms with E-state index >= 15 is 0 Å². The third-order valence-corrected chi connectivity index (χ3v) is 8.01. The number of aryl methyl sites for hydroxylation is 1. The Morgan fingerprint density at radius 1 is 0.833 bits per heavy atom. The summed E-state index contributed by atoms with van der Waals surface area (Å²) in [5.41, 5.74) is 3.75. The number of carbonyl (C=O) groups is 4. The number of hydrogen-bond acceptors (Lipinski definition) is 4. The monoisotopic (exact) mass is 566 g/mol. The maximum absolute atomic E-state index is 13.1. The topological polar surface area (TPSA) is 98.8 Å². The first-order chi connectivity index (χ1) is 20.4. The Hall–Kier alpha value is -4.46. The molecular formula is C34H38N4O4. The predicted octanol–water partition coefficient (Wildman–Crippen LogP) is 4.91. The van der Waals surface area contributed by atoms with Crippen LogP contribution in [0, 0.1) is 5.92 Å². The summed E-state index contributed by atoms with van der Waals surface area (Å²) in [5.74, 6) is -0.505. The minimum absolute atomic E-state index is 0.00942. The Labute approximate surface area is 247 Å². The molecular weight excluding hydrogens is 528 g/mol. The summed E-state index contributed by atoms with van der Waals surface area (Å²) in [4.78, 5) is 54.7. The molecule has 8 heteroatoms. The molecule has 218 valence electrons. The number of nitrogens with zero attached hydrogens (tertiary/aromatic N) is 2. The van der Waals surface area contributed by atoms with Gasteiger partial charge in [-0.05, 0) is 79.6 Å². The molecule has 3 aromatic carbocycles. The lowest BCUT2D eigenvalue weighted by Crippen LogP contribution is -2.43. The standard InChI is InChI=1S/C34H38N4O4/c1-37(30-17-18-30)34(42)26-13-15-28(16-14-26)35-31(39)22-25-9-5-11-29(21-25)36-33(41)27-10-6-20-38(23-27)32(40)19-12-24-7-3-2-4-8-24/h2-5,7-9,11,13-16,21,27,30H,6,10,12,17-20,22-23H2,1H3,(H,35,39)(H,36,41). The fourth-order valence-electron chi connectivity index (χ4n) is 5.39. The van der Waals surface area contributed by atoms with Crippen molar-refractivity contribution < 1.29 is 19.2 Å². The molecule has 0 aromatic heterocycles. The predicted molar refractivity (Wildman–Crippen MR) is 163 cm³/mol. The van der Waals surface area contributed by atoms with Crippen LogP contribution in [0.1, 0.15) is 53.6 Å². The zero-order valence-corrected chi connectivity index (χ0v) is 24.1. The maximum atomic E-state index is 13.1. The minimum Gasteiger partial charge on any atom is -0.342 e. The second kappa shape index (κ2) is 13.5. The molecule has 0 radical (unpaired) electrons. The average Bonchev–Trinajstić information content (AvgIpc) is 3.86. The van der Waals surface area contributed by atoms with Crippen molar-refractivity contribution in [1.82, 2.24) is 9.80 Å². The van der Waals surface area contributed by atoms with E-state index in [1.165, 1.54) is 0 Å². The average molecular weight is 567 g/mol. The number of anilines is 2. The first kappa shape index (κ1) is 29.0. The van der Waals surface area contributed by atoms with Crippen LogP contribution in [0.4, 0.5) is 11.4 Å². The number of rotatable bonds is 10. The van der Waals surface area contributed by atoms with Crippen LogP contribution in [-0.2, 0) is 27.2 Å². The van der Waals surface area contributed by atoms with Gasteiger partial charge in [-0.25, -0.2) is 0 Å². The van der Waals surface area contributed by atoms with Crippen molar-refractivity contribution in [3.05, 3.63) is 95.6 Å². The number of benzene rings is 3. The van der Waals surface area contributed by atoms with E-state index in [9.17, 15) is 19.2 Å². The molecule has 1 saturated carbocycles. The SMILES string of the molecule is CN(C(=O)c1ccc(NC(=O)Cc2cccc(NC(=O)C3CCCN(C(=O)CCc4ccccc4)C3)c2)cc1)C1CC1. The molecule has 8 nitrogen and oxygen atoms in total. The first-order valence-electron chi connectivity index (χ1n) is 14.7. The molecule has 1 atom stereocenters. The molecule has 0 spiro atoms. The van der Waals surface area contributed by atoms with Crippen LogP contribution in [0.5, 0.6) is 0 Å². The van der Waals surface area contributed by atoms with Gasteiger partial charge in [0.05, 0.1) is 12.3 Å². The van der Waals surface area contributed by atoms with Gasteiger partial charge in [0.25, 0.3) is 5.91 Å². The van der Waals surface area contributed by atoms with E-state index in [4.69, 9.17) is 0 Å². The smallest absolute Gasteiger partial charge is 0.253 e. The molecule has 42 heavy (non-hydrogen) atoms. The highest BCUT2D eigenvalue weighted by Gasteiger charge is 2.30. The normalized spacial score (nSPS) is 16.4. The molecule has 2 N–H and O–H groups in total. The van der Waals surface area contributed by atoms with Gasteiger partial charge in [-0.15, -0.1) is 0 Å². The van der Waals surface area contributed by atoms with E-state index in [1.54, 1.807) is 41.3 Å². The van der Waals surface area contributed by atoms with Crippen molar-refractivity contribution in [3.63, 3.8) is 0 Å². The fourth-order valence-corrected chi connectivity index (χ4v) is 5.39. The quantitative estimate of drug-likeness (QED) is 0.364. The minimum atomic E-state index is -0.273. The van der Waals surface area contributed by atoms with Crippen LogP contribution < -0.4 is 10.6 Å². The Bertz CT molecular complexity index is 1420. The number of piperidine rings is 1. The lowest BCUT2D eigenvalue weighted by Gasteiger charge is -2.32. The van der Waals surface area contributed by atoms with Crippen LogP contribution in [0.15, 0.2) is 78.9 Å². The van der Waals surface area contributed by atoms with Crippen molar-refractivity contribution in [1.29, 1.82) is 0 Å². The Morgan fingerprint density at radius 2 is 1.57 bits per heavy atom. The van der Waals surface area contributed by atoms with Crippen LogP contribution >= 0.6 is 0 Å². The summed E-state index contributed by atoms with van der Waals surface area (Å²) in [6.45, 7) is 1.10. The van der Waals surface area contributed by atoms with Crippen LogP contribution in [0.3, 0.4) is 0 Å². The summed E-state index contributed by atoms with van der Waals surface area (Å²) in [6, 6.07) is 24.5. The van der Waals surface area contributed by atoms with Gasteiger partial charge in [0.2, 0.25) is 17.7 Å². The van der Waals surface area contributed by atoms with E-state index in [0.717, 1.165) is 36.8 Å². The van der Waals surface area contributed by atoms with E-state index < -0.39 is 0 Å². The van der Waals surface area contributed by atoms with Crippen molar-refractivity contribution in [2.75, 3.05) is 30.8 Å². The molecule has 3 aromatic rings. The van der Waals surface area contributed by atoms with Gasteiger partial charge in [0.1, 0.15) is 0 Å². The highest BCUT2D eigenvalue weighted by molar-refractivity contribution is 5.97. The number of nitrogens with one attached hydrogen (secondary N) is 2. The molecule has 1 aliphatic carbocycles. The van der Waals surface area contributed by atoms with Crippen LogP contribution in [-0.4, -0.2) is 59.6 Å². The van der Waals surface area contributed by atoms with E-state index in [1.807, 2.05) is 54.4 Å². The zero-order chi connectivity index (χ0) is 29.5. The van der Waals surface area contributed by atoms with E-state index in [2.05, 4.69) is 10.6 Å². The highest BCUT2D eigenvalue weighted by atomic mass is 16.2. The molecule has 1 heterocycles. The summed E-state index contributed by atoms with van der Waals surface area (Å²) in [7, 11) is 1.82. The van der Waals surface area contributed by atoms with Gasteiger partial charge in [0, 0.05) is 49.5 Å². The van der Waals surface area contributed by atoms with Gasteiger partial charge in [-0.1, -0.05) is 42.5 Å².